The third-order valence-electron chi connectivity index (χ3n) is 3.11. The van der Waals surface area contributed by atoms with Crippen LogP contribution in [0.5, 0.6) is 0 Å². The van der Waals surface area contributed by atoms with Crippen molar-refractivity contribution >= 4 is 5.82 Å². The predicted octanol–water partition coefficient (Wildman–Crippen LogP) is -0.491. The Morgan fingerprint density at radius 2 is 2.39 bits per heavy atom. The molecule has 0 radical (unpaired) electrons. The van der Waals surface area contributed by atoms with E-state index in [1.165, 1.54) is 23.9 Å². The SMILES string of the molecule is CC[C@H]1O[C@@H](n2ccc(N)nc2=O)C(O)C1OC. The third kappa shape index (κ3) is 2.12. The zero-order valence-electron chi connectivity index (χ0n) is 10.3. The number of rotatable bonds is 3. The monoisotopic (exact) mass is 255 g/mol. The van der Waals surface area contributed by atoms with Gasteiger partial charge >= 0.3 is 5.69 Å². The first-order valence-electron chi connectivity index (χ1n) is 5.79. The highest BCUT2D eigenvalue weighted by Gasteiger charge is 2.44. The first-order chi connectivity index (χ1) is 8.58. The summed E-state index contributed by atoms with van der Waals surface area (Å²) in [6, 6.07) is 1.48. The first kappa shape index (κ1) is 13.0. The molecule has 1 fully saturated rings. The lowest BCUT2D eigenvalue weighted by Gasteiger charge is -2.18. The molecule has 0 saturated carbocycles. The zero-order valence-corrected chi connectivity index (χ0v) is 10.3. The molecular formula is C11H17N3O4. The molecule has 1 aliphatic heterocycles. The number of aliphatic hydroxyl groups is 1. The summed E-state index contributed by atoms with van der Waals surface area (Å²) in [5, 5.41) is 10.1. The molecule has 7 nitrogen and oxygen atoms in total. The van der Waals surface area contributed by atoms with Crippen molar-refractivity contribution < 1.29 is 14.6 Å². The van der Waals surface area contributed by atoms with Crippen molar-refractivity contribution in [3.05, 3.63) is 22.7 Å². The van der Waals surface area contributed by atoms with Gasteiger partial charge in [-0.25, -0.2) is 4.79 Å². The zero-order chi connectivity index (χ0) is 13.3. The lowest BCUT2D eigenvalue weighted by Crippen LogP contribution is -2.36. The minimum atomic E-state index is -0.914. The summed E-state index contributed by atoms with van der Waals surface area (Å²) in [7, 11) is 1.51. The van der Waals surface area contributed by atoms with Crippen LogP contribution in [0, 0.1) is 0 Å². The van der Waals surface area contributed by atoms with E-state index in [1.54, 1.807) is 0 Å². The van der Waals surface area contributed by atoms with E-state index in [9.17, 15) is 9.90 Å². The number of hydrogen-bond acceptors (Lipinski definition) is 6. The normalized spacial score (nSPS) is 31.7. The second kappa shape index (κ2) is 5.05. The Kier molecular flexibility index (Phi) is 3.65. The van der Waals surface area contributed by atoms with Gasteiger partial charge in [0.1, 0.15) is 18.0 Å². The van der Waals surface area contributed by atoms with Crippen molar-refractivity contribution in [2.75, 3.05) is 12.8 Å². The van der Waals surface area contributed by atoms with Crippen LogP contribution < -0.4 is 11.4 Å². The molecule has 3 N–H and O–H groups in total. The Labute approximate surface area is 104 Å². The number of nitrogens with two attached hydrogens (primary N) is 1. The summed E-state index contributed by atoms with van der Waals surface area (Å²) in [5.41, 5.74) is 4.87. The molecule has 0 spiro atoms. The molecule has 100 valence electrons. The molecule has 0 bridgehead atoms. The van der Waals surface area contributed by atoms with Crippen LogP contribution in [0.4, 0.5) is 5.82 Å². The highest BCUT2D eigenvalue weighted by molar-refractivity contribution is 5.23. The molecule has 18 heavy (non-hydrogen) atoms. The topological polar surface area (TPSA) is 99.6 Å². The second-order valence-corrected chi connectivity index (χ2v) is 4.21. The summed E-state index contributed by atoms with van der Waals surface area (Å²) < 4.78 is 12.1. The molecule has 0 aromatic carbocycles. The fourth-order valence-electron chi connectivity index (χ4n) is 2.19. The van der Waals surface area contributed by atoms with E-state index in [4.69, 9.17) is 15.2 Å². The predicted molar refractivity (Wildman–Crippen MR) is 63.9 cm³/mol. The van der Waals surface area contributed by atoms with E-state index >= 15 is 0 Å². The van der Waals surface area contributed by atoms with Crippen molar-refractivity contribution in [2.45, 2.75) is 37.9 Å². The van der Waals surface area contributed by atoms with E-state index in [0.717, 1.165) is 0 Å². The number of methoxy groups -OCH3 is 1. The van der Waals surface area contributed by atoms with Crippen LogP contribution in [0.1, 0.15) is 19.6 Å². The van der Waals surface area contributed by atoms with Crippen LogP contribution in [-0.4, -0.2) is 40.1 Å². The van der Waals surface area contributed by atoms with Gasteiger partial charge in [-0.15, -0.1) is 0 Å². The summed E-state index contributed by atoms with van der Waals surface area (Å²) in [6.07, 6.45) is -0.264. The van der Waals surface area contributed by atoms with Gasteiger partial charge in [-0.1, -0.05) is 6.92 Å². The average molecular weight is 255 g/mol. The quantitative estimate of drug-likeness (QED) is 0.756. The van der Waals surface area contributed by atoms with Crippen LogP contribution in [0.15, 0.2) is 17.1 Å². The Morgan fingerprint density at radius 3 is 2.89 bits per heavy atom. The molecule has 4 atom stereocenters. The maximum absolute atomic E-state index is 11.7. The number of nitrogens with zero attached hydrogens (tertiary/aromatic N) is 2. The molecule has 2 rings (SSSR count). The van der Waals surface area contributed by atoms with Crippen molar-refractivity contribution in [3.8, 4) is 0 Å². The summed E-state index contributed by atoms with van der Waals surface area (Å²) in [6.45, 7) is 1.93. The largest absolute Gasteiger partial charge is 0.386 e. The Hall–Kier alpha value is -1.44. The number of ether oxygens (including phenoxy) is 2. The van der Waals surface area contributed by atoms with Gasteiger partial charge in [0.15, 0.2) is 6.23 Å². The summed E-state index contributed by atoms with van der Waals surface area (Å²) in [5.74, 6) is 0.138. The van der Waals surface area contributed by atoms with Gasteiger partial charge in [-0.05, 0) is 12.5 Å². The Bertz CT molecular complexity index is 476. The van der Waals surface area contributed by atoms with Gasteiger partial charge in [-0.2, -0.15) is 4.98 Å². The van der Waals surface area contributed by atoms with Gasteiger partial charge in [-0.3, -0.25) is 4.57 Å². The van der Waals surface area contributed by atoms with Gasteiger partial charge in [0.2, 0.25) is 0 Å². The lowest BCUT2D eigenvalue weighted by atomic mass is 10.1. The van der Waals surface area contributed by atoms with Crippen molar-refractivity contribution in [3.63, 3.8) is 0 Å². The number of hydrogen-bond donors (Lipinski definition) is 2. The minimum Gasteiger partial charge on any atom is -0.386 e. The Balaban J connectivity index is 2.32. The van der Waals surface area contributed by atoms with Gasteiger partial charge in [0.25, 0.3) is 0 Å². The molecule has 2 unspecified atom stereocenters. The standard InChI is InChI=1S/C11H17N3O4/c1-3-6-9(17-2)8(15)10(18-6)14-5-4-7(12)13-11(14)16/h4-6,8-10,15H,3H2,1-2H3,(H2,12,13,16)/t6-,8?,9?,10-/m1/s1. The van der Waals surface area contributed by atoms with Crippen molar-refractivity contribution in [1.29, 1.82) is 0 Å². The van der Waals surface area contributed by atoms with E-state index < -0.39 is 24.1 Å². The third-order valence-corrected chi connectivity index (χ3v) is 3.11. The lowest BCUT2D eigenvalue weighted by molar-refractivity contribution is -0.0404. The molecule has 0 amide bonds. The Morgan fingerprint density at radius 1 is 1.67 bits per heavy atom. The smallest absolute Gasteiger partial charge is 0.351 e. The average Bonchev–Trinajstić information content (AvgIpc) is 2.66. The maximum atomic E-state index is 11.7. The highest BCUT2D eigenvalue weighted by atomic mass is 16.6. The molecule has 0 aliphatic carbocycles. The molecule has 7 heteroatoms. The van der Waals surface area contributed by atoms with Gasteiger partial charge in [0, 0.05) is 13.3 Å². The van der Waals surface area contributed by atoms with Gasteiger partial charge in [0.05, 0.1) is 6.10 Å². The minimum absolute atomic E-state index is 0.138. The van der Waals surface area contributed by atoms with Crippen LogP contribution in [-0.2, 0) is 9.47 Å². The van der Waals surface area contributed by atoms with Crippen LogP contribution in [0.25, 0.3) is 0 Å². The van der Waals surface area contributed by atoms with E-state index in [2.05, 4.69) is 4.98 Å². The van der Waals surface area contributed by atoms with Crippen LogP contribution in [0.3, 0.4) is 0 Å². The molecule has 1 aromatic rings. The molecule has 1 aliphatic rings. The van der Waals surface area contributed by atoms with Crippen molar-refractivity contribution in [2.24, 2.45) is 0 Å². The van der Waals surface area contributed by atoms with E-state index in [1.807, 2.05) is 6.92 Å². The summed E-state index contributed by atoms with van der Waals surface area (Å²) >= 11 is 0. The number of aliphatic hydroxyl groups excluding tert-OH is 1. The summed E-state index contributed by atoms with van der Waals surface area (Å²) in [4.78, 5) is 15.3. The van der Waals surface area contributed by atoms with E-state index in [-0.39, 0.29) is 11.9 Å². The second-order valence-electron chi connectivity index (χ2n) is 4.21. The molecule has 1 aromatic heterocycles. The molecule has 1 saturated heterocycles. The van der Waals surface area contributed by atoms with Crippen LogP contribution >= 0.6 is 0 Å². The fourth-order valence-corrected chi connectivity index (χ4v) is 2.19. The van der Waals surface area contributed by atoms with E-state index in [0.29, 0.717) is 6.42 Å². The first-order valence-corrected chi connectivity index (χ1v) is 5.79. The van der Waals surface area contributed by atoms with Crippen molar-refractivity contribution in [1.82, 2.24) is 9.55 Å². The molecular weight excluding hydrogens is 238 g/mol. The fraction of sp³-hybridized carbons (Fsp3) is 0.636. The number of aromatic nitrogens is 2. The van der Waals surface area contributed by atoms with Crippen LogP contribution in [0.2, 0.25) is 0 Å². The highest BCUT2D eigenvalue weighted by Crippen LogP contribution is 2.31. The molecule has 2 heterocycles. The number of anilines is 1. The number of nitrogen functional groups attached to an aromatic ring is 1. The van der Waals surface area contributed by atoms with Gasteiger partial charge < -0.3 is 20.3 Å². The maximum Gasteiger partial charge on any atom is 0.351 e.